The number of carbonyl (C=O) groups excluding carboxylic acids is 1. The number of hydrogen-bond donors (Lipinski definition) is 0. The van der Waals surface area contributed by atoms with Crippen LogP contribution in [0.5, 0.6) is 0 Å². The second-order valence-electron chi connectivity index (χ2n) is 7.91. The lowest BCUT2D eigenvalue weighted by molar-refractivity contribution is -0.129. The number of aromatic nitrogens is 2. The summed E-state index contributed by atoms with van der Waals surface area (Å²) in [5.74, 6) is 0.206. The van der Waals surface area contributed by atoms with E-state index in [4.69, 9.17) is 4.52 Å². The molecule has 1 saturated heterocycles. The average molecular weight is 481 g/mol. The Bertz CT molecular complexity index is 1110. The number of halogens is 1. The van der Waals surface area contributed by atoms with Gasteiger partial charge in [-0.05, 0) is 25.0 Å². The molecule has 4 rings (SSSR count). The lowest BCUT2D eigenvalue weighted by atomic mass is 9.95. The minimum atomic E-state index is -3.51. The SMILES string of the molecule is CS(=O)(=O)N(CC(=O)N1CCS/C1=C/c1nc(-c2ccccc2F)no1)C1CCCCC1. The van der Waals surface area contributed by atoms with Gasteiger partial charge in [-0.2, -0.15) is 9.29 Å². The molecule has 2 aromatic rings. The molecule has 0 unspecified atom stereocenters. The van der Waals surface area contributed by atoms with E-state index in [0.717, 1.165) is 38.4 Å². The predicted octanol–water partition coefficient (Wildman–Crippen LogP) is 3.34. The van der Waals surface area contributed by atoms with Gasteiger partial charge < -0.3 is 9.42 Å². The quantitative estimate of drug-likeness (QED) is 0.626. The van der Waals surface area contributed by atoms with E-state index in [2.05, 4.69) is 10.1 Å². The van der Waals surface area contributed by atoms with Crippen LogP contribution in [0, 0.1) is 5.82 Å². The van der Waals surface area contributed by atoms with Crippen molar-refractivity contribution in [2.75, 3.05) is 25.1 Å². The van der Waals surface area contributed by atoms with Crippen molar-refractivity contribution in [1.82, 2.24) is 19.3 Å². The molecule has 0 N–H and O–H groups in total. The lowest BCUT2D eigenvalue weighted by Gasteiger charge is -2.33. The van der Waals surface area contributed by atoms with Gasteiger partial charge in [0.2, 0.25) is 21.8 Å². The minimum Gasteiger partial charge on any atom is -0.334 e. The fourth-order valence-electron chi connectivity index (χ4n) is 4.05. The second-order valence-corrected chi connectivity index (χ2v) is 11.0. The van der Waals surface area contributed by atoms with Crippen molar-refractivity contribution in [2.45, 2.75) is 38.1 Å². The lowest BCUT2D eigenvalue weighted by Crippen LogP contribution is -2.47. The van der Waals surface area contributed by atoms with E-state index in [1.165, 1.54) is 22.1 Å². The summed E-state index contributed by atoms with van der Waals surface area (Å²) in [6.07, 6.45) is 7.33. The van der Waals surface area contributed by atoms with Crippen LogP contribution in [0.15, 0.2) is 33.8 Å². The Labute approximate surface area is 190 Å². The number of benzene rings is 1. The maximum atomic E-state index is 14.0. The fraction of sp³-hybridized carbons (Fsp3) is 0.476. The Morgan fingerprint density at radius 3 is 2.78 bits per heavy atom. The summed E-state index contributed by atoms with van der Waals surface area (Å²) in [4.78, 5) is 18.8. The molecule has 1 aromatic heterocycles. The Morgan fingerprint density at radius 1 is 1.31 bits per heavy atom. The first-order valence-corrected chi connectivity index (χ1v) is 13.4. The number of hydrogen-bond acceptors (Lipinski definition) is 7. The second kappa shape index (κ2) is 9.72. The normalized spacial score (nSPS) is 19.2. The van der Waals surface area contributed by atoms with Gasteiger partial charge in [0.1, 0.15) is 5.82 Å². The average Bonchev–Trinajstić information content (AvgIpc) is 3.42. The number of nitrogens with zero attached hydrogens (tertiary/aromatic N) is 4. The third-order valence-corrected chi connectivity index (χ3v) is 7.93. The smallest absolute Gasteiger partial charge is 0.253 e. The molecule has 0 spiro atoms. The van der Waals surface area contributed by atoms with Crippen LogP contribution in [0.2, 0.25) is 0 Å². The van der Waals surface area contributed by atoms with Crippen LogP contribution < -0.4 is 0 Å². The van der Waals surface area contributed by atoms with Crippen LogP contribution in [0.4, 0.5) is 4.39 Å². The molecule has 11 heteroatoms. The molecule has 2 fully saturated rings. The van der Waals surface area contributed by atoms with Crippen LogP contribution in [0.3, 0.4) is 0 Å². The van der Waals surface area contributed by atoms with Gasteiger partial charge in [0.15, 0.2) is 0 Å². The monoisotopic (exact) mass is 480 g/mol. The van der Waals surface area contributed by atoms with E-state index in [9.17, 15) is 17.6 Å². The topological polar surface area (TPSA) is 96.6 Å². The van der Waals surface area contributed by atoms with Crippen molar-refractivity contribution in [2.24, 2.45) is 0 Å². The summed E-state index contributed by atoms with van der Waals surface area (Å²) >= 11 is 1.45. The number of sulfonamides is 1. The van der Waals surface area contributed by atoms with Crippen LogP contribution in [0.1, 0.15) is 38.0 Å². The van der Waals surface area contributed by atoms with E-state index in [0.29, 0.717) is 17.3 Å². The number of rotatable bonds is 6. The van der Waals surface area contributed by atoms with Gasteiger partial charge in [-0.1, -0.05) is 36.6 Å². The third kappa shape index (κ3) is 5.21. The van der Waals surface area contributed by atoms with Gasteiger partial charge >= 0.3 is 0 Å². The molecule has 2 aliphatic rings. The molecule has 1 saturated carbocycles. The zero-order chi connectivity index (χ0) is 22.7. The number of thioether (sulfide) groups is 1. The molecule has 8 nitrogen and oxygen atoms in total. The molecular formula is C21H25FN4O4S2. The Kier molecular flexibility index (Phi) is 6.96. The molecule has 1 aromatic carbocycles. The number of amides is 1. The zero-order valence-corrected chi connectivity index (χ0v) is 19.4. The highest BCUT2D eigenvalue weighted by atomic mass is 32.2. The molecule has 0 atom stereocenters. The van der Waals surface area contributed by atoms with Gasteiger partial charge in [-0.25, -0.2) is 12.8 Å². The van der Waals surface area contributed by atoms with E-state index in [-0.39, 0.29) is 35.8 Å². The predicted molar refractivity (Wildman–Crippen MR) is 120 cm³/mol. The maximum Gasteiger partial charge on any atom is 0.253 e. The highest BCUT2D eigenvalue weighted by molar-refractivity contribution is 8.03. The summed E-state index contributed by atoms with van der Waals surface area (Å²) in [5.41, 5.74) is 0.226. The van der Waals surface area contributed by atoms with Crippen LogP contribution in [-0.2, 0) is 14.8 Å². The molecular weight excluding hydrogens is 455 g/mol. The fourth-order valence-corrected chi connectivity index (χ4v) is 6.17. The molecule has 0 bridgehead atoms. The summed E-state index contributed by atoms with van der Waals surface area (Å²) in [5, 5.41) is 4.44. The molecule has 32 heavy (non-hydrogen) atoms. The molecule has 0 radical (unpaired) electrons. The maximum absolute atomic E-state index is 14.0. The summed E-state index contributed by atoms with van der Waals surface area (Å²) in [6.45, 7) is 0.275. The van der Waals surface area contributed by atoms with Gasteiger partial charge in [-0.3, -0.25) is 4.79 Å². The van der Waals surface area contributed by atoms with Crippen LogP contribution in [0.25, 0.3) is 17.5 Å². The van der Waals surface area contributed by atoms with Gasteiger partial charge in [0, 0.05) is 24.4 Å². The Hall–Kier alpha value is -2.24. The highest BCUT2D eigenvalue weighted by Crippen LogP contribution is 2.31. The molecule has 2 heterocycles. The Morgan fingerprint density at radius 2 is 2.06 bits per heavy atom. The van der Waals surface area contributed by atoms with E-state index < -0.39 is 15.8 Å². The van der Waals surface area contributed by atoms with Crippen molar-refractivity contribution in [3.63, 3.8) is 0 Å². The Balaban J connectivity index is 1.51. The van der Waals surface area contributed by atoms with Crippen LogP contribution >= 0.6 is 11.8 Å². The number of carbonyl (C=O) groups is 1. The first-order chi connectivity index (χ1) is 15.3. The summed E-state index contributed by atoms with van der Waals surface area (Å²) in [6, 6.07) is 6.00. The van der Waals surface area contributed by atoms with Gasteiger partial charge in [-0.15, -0.1) is 11.8 Å². The zero-order valence-electron chi connectivity index (χ0n) is 17.7. The van der Waals surface area contributed by atoms with Crippen molar-refractivity contribution in [3.8, 4) is 11.4 Å². The van der Waals surface area contributed by atoms with Gasteiger partial charge in [0.25, 0.3) is 5.89 Å². The van der Waals surface area contributed by atoms with Gasteiger partial charge in [0.05, 0.1) is 23.4 Å². The minimum absolute atomic E-state index is 0.122. The molecule has 1 aliphatic carbocycles. The van der Waals surface area contributed by atoms with E-state index >= 15 is 0 Å². The first-order valence-electron chi connectivity index (χ1n) is 10.5. The van der Waals surface area contributed by atoms with Crippen molar-refractivity contribution in [1.29, 1.82) is 0 Å². The van der Waals surface area contributed by atoms with E-state index in [1.54, 1.807) is 29.2 Å². The van der Waals surface area contributed by atoms with Crippen LogP contribution in [-0.4, -0.2) is 64.8 Å². The summed E-state index contributed by atoms with van der Waals surface area (Å²) in [7, 11) is -3.51. The largest absolute Gasteiger partial charge is 0.334 e. The molecule has 1 amide bonds. The first kappa shape index (κ1) is 22.9. The molecule has 172 valence electrons. The summed E-state index contributed by atoms with van der Waals surface area (Å²) < 4.78 is 45.3. The van der Waals surface area contributed by atoms with Crippen molar-refractivity contribution < 1.29 is 22.1 Å². The molecule has 1 aliphatic heterocycles. The van der Waals surface area contributed by atoms with Crippen molar-refractivity contribution >= 4 is 33.8 Å². The van der Waals surface area contributed by atoms with Crippen molar-refractivity contribution in [3.05, 3.63) is 41.0 Å². The standard InChI is InChI=1S/C21H25FN4O4S2/c1-32(28,29)26(15-7-3-2-4-8-15)14-19(27)25-11-12-31-20(25)13-18-23-21(24-30-18)16-9-5-6-10-17(16)22/h5-6,9-10,13,15H,2-4,7-8,11-12,14H2,1H3/b20-13+. The van der Waals surface area contributed by atoms with E-state index in [1.807, 2.05) is 0 Å². The third-order valence-electron chi connectivity index (χ3n) is 5.63. The highest BCUT2D eigenvalue weighted by Gasteiger charge is 2.33.